The van der Waals surface area contributed by atoms with Crippen LogP contribution in [0.4, 0.5) is 0 Å². The van der Waals surface area contributed by atoms with E-state index in [2.05, 4.69) is 23.7 Å². The molecule has 2 unspecified atom stereocenters. The molecule has 1 rings (SSSR count). The number of nitrogens with one attached hydrogen (secondary N) is 1. The summed E-state index contributed by atoms with van der Waals surface area (Å²) in [4.78, 5) is 5.22. The van der Waals surface area contributed by atoms with Gasteiger partial charge in [-0.05, 0) is 50.5 Å². The Morgan fingerprint density at radius 2 is 2.21 bits per heavy atom. The first-order chi connectivity index (χ1) is 6.24. The molecule has 0 aromatic heterocycles. The predicted octanol–water partition coefficient (Wildman–Crippen LogP) is 2.66. The number of hydrogen-bond acceptors (Lipinski definition) is 2. The zero-order chi connectivity index (χ0) is 9.68. The summed E-state index contributed by atoms with van der Waals surface area (Å²) >= 11 is 5.49. The summed E-state index contributed by atoms with van der Waals surface area (Å²) in [5, 5.41) is 0. The Kier molecular flexibility index (Phi) is 8.02. The van der Waals surface area contributed by atoms with Crippen LogP contribution in [0, 0.1) is 5.92 Å². The molecule has 0 amide bonds. The van der Waals surface area contributed by atoms with Crippen molar-refractivity contribution in [3.05, 3.63) is 0 Å². The second-order valence-electron chi connectivity index (χ2n) is 4.31. The summed E-state index contributed by atoms with van der Waals surface area (Å²) < 4.78 is 0. The van der Waals surface area contributed by atoms with E-state index in [1.54, 1.807) is 0 Å². The number of piperidine rings is 1. The fourth-order valence-electron chi connectivity index (χ4n) is 2.12. The normalized spacial score (nSPS) is 25.5. The minimum Gasteiger partial charge on any atom is -0.303 e. The van der Waals surface area contributed by atoms with Gasteiger partial charge in [0.2, 0.25) is 0 Å². The van der Waals surface area contributed by atoms with Crippen LogP contribution < -0.4 is 4.84 Å². The van der Waals surface area contributed by atoms with Crippen molar-refractivity contribution in [3.63, 3.8) is 0 Å². The maximum Gasteiger partial charge on any atom is 0.0134 e. The van der Waals surface area contributed by atoms with Gasteiger partial charge in [-0.15, -0.1) is 12.4 Å². The van der Waals surface area contributed by atoms with E-state index in [1.807, 2.05) is 0 Å². The van der Waals surface area contributed by atoms with Gasteiger partial charge in [-0.25, -0.2) is 4.84 Å². The summed E-state index contributed by atoms with van der Waals surface area (Å²) in [6.07, 6.45) is 5.41. The Morgan fingerprint density at radius 3 is 2.79 bits per heavy atom. The van der Waals surface area contributed by atoms with Crippen LogP contribution >= 0.6 is 24.2 Å². The van der Waals surface area contributed by atoms with E-state index >= 15 is 0 Å². The zero-order valence-corrected chi connectivity index (χ0v) is 10.7. The lowest BCUT2D eigenvalue weighted by molar-refractivity contribution is 0.160. The highest BCUT2D eigenvalue weighted by molar-refractivity contribution is 6.13. The second-order valence-corrected chi connectivity index (χ2v) is 4.58. The number of hydrogen-bond donors (Lipinski definition) is 1. The molecule has 1 N–H and O–H groups in total. The molecule has 0 bridgehead atoms. The van der Waals surface area contributed by atoms with Crippen LogP contribution in [0.25, 0.3) is 0 Å². The summed E-state index contributed by atoms with van der Waals surface area (Å²) in [7, 11) is 2.24. The van der Waals surface area contributed by atoms with Crippen molar-refractivity contribution in [1.29, 1.82) is 0 Å². The lowest BCUT2D eigenvalue weighted by atomic mass is 9.94. The van der Waals surface area contributed by atoms with Gasteiger partial charge in [-0.1, -0.05) is 13.3 Å². The number of rotatable bonds is 4. The van der Waals surface area contributed by atoms with E-state index in [-0.39, 0.29) is 12.4 Å². The van der Waals surface area contributed by atoms with Crippen LogP contribution in [0.3, 0.4) is 0 Å². The summed E-state index contributed by atoms with van der Waals surface area (Å²) in [5.41, 5.74) is 0. The second kappa shape index (κ2) is 7.75. The monoisotopic (exact) mass is 240 g/mol. The highest BCUT2D eigenvalue weighted by Gasteiger charge is 2.20. The molecule has 4 heteroatoms. The van der Waals surface area contributed by atoms with Crippen LogP contribution in [-0.4, -0.2) is 31.1 Å². The Balaban J connectivity index is 0.00000169. The number of nitrogens with zero attached hydrogens (tertiary/aromatic N) is 1. The average molecular weight is 241 g/mol. The predicted molar refractivity (Wildman–Crippen MR) is 65.2 cm³/mol. The molecule has 1 heterocycles. The molecule has 2 nitrogen and oxygen atoms in total. The first-order valence-corrected chi connectivity index (χ1v) is 5.65. The van der Waals surface area contributed by atoms with Gasteiger partial charge in [-0.3, -0.25) is 0 Å². The summed E-state index contributed by atoms with van der Waals surface area (Å²) in [5.74, 6) is 0.683. The molecule has 1 aliphatic heterocycles. The van der Waals surface area contributed by atoms with Gasteiger partial charge in [0.15, 0.2) is 0 Å². The molecule has 2 atom stereocenters. The fourth-order valence-corrected chi connectivity index (χ4v) is 2.38. The van der Waals surface area contributed by atoms with E-state index in [0.29, 0.717) is 5.92 Å². The van der Waals surface area contributed by atoms with E-state index in [0.717, 1.165) is 12.6 Å². The van der Waals surface area contributed by atoms with Gasteiger partial charge in [0.1, 0.15) is 0 Å². The Morgan fingerprint density at radius 1 is 1.50 bits per heavy atom. The van der Waals surface area contributed by atoms with Crippen molar-refractivity contribution in [2.45, 2.75) is 38.6 Å². The molecule has 0 spiro atoms. The van der Waals surface area contributed by atoms with Crippen molar-refractivity contribution in [2.75, 3.05) is 20.1 Å². The van der Waals surface area contributed by atoms with Gasteiger partial charge in [0, 0.05) is 12.6 Å². The quantitative estimate of drug-likeness (QED) is 0.761. The maximum atomic E-state index is 5.49. The molecule has 0 aromatic rings. The molecule has 0 radical (unpaired) electrons. The van der Waals surface area contributed by atoms with Crippen LogP contribution in [0.5, 0.6) is 0 Å². The molecule has 0 aliphatic carbocycles. The number of likely N-dealkylation sites (tertiary alicyclic amines) is 1. The van der Waals surface area contributed by atoms with Gasteiger partial charge in [0.05, 0.1) is 0 Å². The third-order valence-electron chi connectivity index (χ3n) is 3.02. The molecule has 1 aliphatic rings. The fraction of sp³-hybridized carbons (Fsp3) is 1.00. The Labute approximate surface area is 98.9 Å². The van der Waals surface area contributed by atoms with E-state index in [9.17, 15) is 0 Å². The molecule has 1 saturated heterocycles. The van der Waals surface area contributed by atoms with Crippen molar-refractivity contribution >= 4 is 24.2 Å². The largest absolute Gasteiger partial charge is 0.303 e. The van der Waals surface area contributed by atoms with E-state index in [1.165, 1.54) is 32.2 Å². The third kappa shape index (κ3) is 4.83. The van der Waals surface area contributed by atoms with Crippen molar-refractivity contribution < 1.29 is 0 Å². The van der Waals surface area contributed by atoms with E-state index < -0.39 is 0 Å². The van der Waals surface area contributed by atoms with E-state index in [4.69, 9.17) is 11.8 Å². The molecule has 0 aromatic carbocycles. The van der Waals surface area contributed by atoms with Gasteiger partial charge in [0.25, 0.3) is 0 Å². The lowest BCUT2D eigenvalue weighted by Crippen LogP contribution is -2.38. The molecule has 14 heavy (non-hydrogen) atoms. The lowest BCUT2D eigenvalue weighted by Gasteiger charge is -2.34. The minimum atomic E-state index is 0. The highest BCUT2D eigenvalue weighted by atomic mass is 35.5. The van der Waals surface area contributed by atoms with Crippen LogP contribution in [0.15, 0.2) is 0 Å². The van der Waals surface area contributed by atoms with Gasteiger partial charge < -0.3 is 4.90 Å². The maximum absolute atomic E-state index is 5.49. The Hall–Kier alpha value is 0.500. The van der Waals surface area contributed by atoms with Crippen molar-refractivity contribution in [2.24, 2.45) is 5.92 Å². The van der Waals surface area contributed by atoms with Crippen molar-refractivity contribution in [1.82, 2.24) is 9.74 Å². The molecular weight excluding hydrogens is 219 g/mol. The highest BCUT2D eigenvalue weighted by Crippen LogP contribution is 2.20. The SMILES string of the molecule is CC(CNCl)CC1CCCCN1C.Cl. The van der Waals surface area contributed by atoms with Gasteiger partial charge in [-0.2, -0.15) is 0 Å². The zero-order valence-electron chi connectivity index (χ0n) is 9.13. The molecule has 1 fully saturated rings. The smallest absolute Gasteiger partial charge is 0.0134 e. The van der Waals surface area contributed by atoms with Crippen molar-refractivity contribution in [3.8, 4) is 0 Å². The summed E-state index contributed by atoms with van der Waals surface area (Å²) in [6, 6.07) is 0.786. The van der Waals surface area contributed by atoms with Gasteiger partial charge >= 0.3 is 0 Å². The first kappa shape index (κ1) is 14.5. The minimum absolute atomic E-state index is 0. The molecule has 86 valence electrons. The standard InChI is InChI=1S/C10H21ClN2.ClH/c1-9(8-12-11)7-10-5-3-4-6-13(10)2;/h9-10,12H,3-8H2,1-2H3;1H. The number of halogens is 2. The van der Waals surface area contributed by atoms with Crippen LogP contribution in [-0.2, 0) is 0 Å². The van der Waals surface area contributed by atoms with Crippen LogP contribution in [0.2, 0.25) is 0 Å². The average Bonchev–Trinajstić information content (AvgIpc) is 2.09. The third-order valence-corrected chi connectivity index (χ3v) is 3.18. The molecule has 0 saturated carbocycles. The van der Waals surface area contributed by atoms with Crippen LogP contribution in [0.1, 0.15) is 32.6 Å². The molecular formula is C10H22Cl2N2. The Bertz CT molecular complexity index is 144. The summed E-state index contributed by atoms with van der Waals surface area (Å²) in [6.45, 7) is 4.45. The first-order valence-electron chi connectivity index (χ1n) is 5.27. The topological polar surface area (TPSA) is 15.3 Å².